The molecule has 3 rings (SSSR count). The quantitative estimate of drug-likeness (QED) is 0.475. The lowest BCUT2D eigenvalue weighted by Gasteiger charge is -2.17. The molecule has 2 amide bonds. The first-order valence-electron chi connectivity index (χ1n) is 9.67. The summed E-state index contributed by atoms with van der Waals surface area (Å²) < 4.78 is 16.2. The number of anilines is 1. The fraction of sp³-hybridized carbons (Fsp3) is 0.364. The maximum absolute atomic E-state index is 12.7. The molecule has 154 valence electrons. The summed E-state index contributed by atoms with van der Waals surface area (Å²) >= 11 is 0. The van der Waals surface area contributed by atoms with E-state index in [0.717, 1.165) is 5.75 Å². The highest BCUT2D eigenvalue weighted by molar-refractivity contribution is 6.13. The Labute approximate surface area is 170 Å². The van der Waals surface area contributed by atoms with Crippen molar-refractivity contribution >= 4 is 17.5 Å². The fourth-order valence-corrected chi connectivity index (χ4v) is 2.95. The summed E-state index contributed by atoms with van der Waals surface area (Å²) in [4.78, 5) is 25.3. The molecule has 0 spiro atoms. The lowest BCUT2D eigenvalue weighted by Crippen LogP contribution is -2.41. The highest BCUT2D eigenvalue weighted by Gasteiger charge is 2.56. The van der Waals surface area contributed by atoms with Crippen LogP contribution in [0.5, 0.6) is 17.2 Å². The van der Waals surface area contributed by atoms with Gasteiger partial charge in [0.1, 0.15) is 29.3 Å². The van der Waals surface area contributed by atoms with Gasteiger partial charge in [-0.2, -0.15) is 0 Å². The number of hydrogen-bond acceptors (Lipinski definition) is 5. The summed E-state index contributed by atoms with van der Waals surface area (Å²) in [6.07, 6.45) is 1.06. The Bertz CT molecular complexity index is 847. The molecule has 7 nitrogen and oxygen atoms in total. The van der Waals surface area contributed by atoms with Crippen LogP contribution in [0.25, 0.3) is 0 Å². The molecular weight excluding hydrogens is 372 g/mol. The minimum atomic E-state index is -1.01. The fourth-order valence-electron chi connectivity index (χ4n) is 2.95. The van der Waals surface area contributed by atoms with Crippen molar-refractivity contribution in [1.82, 2.24) is 5.32 Å². The summed E-state index contributed by atoms with van der Waals surface area (Å²) in [5.74, 6) is 1.44. The predicted molar refractivity (Wildman–Crippen MR) is 109 cm³/mol. The Morgan fingerprint density at radius 3 is 2.31 bits per heavy atom. The molecule has 1 fully saturated rings. The molecule has 1 saturated carbocycles. The molecule has 0 aromatic heterocycles. The van der Waals surface area contributed by atoms with Crippen molar-refractivity contribution < 1.29 is 23.8 Å². The van der Waals surface area contributed by atoms with Crippen molar-refractivity contribution in [1.29, 1.82) is 0 Å². The van der Waals surface area contributed by atoms with Gasteiger partial charge < -0.3 is 24.8 Å². The highest BCUT2D eigenvalue weighted by Crippen LogP contribution is 2.47. The molecule has 0 aliphatic heterocycles. The molecule has 2 aromatic carbocycles. The standard InChI is InChI=1S/C22H26N2O5/c1-3-28-19-7-5-4-6-18(19)24-21(26)22(12-13-22)20(25)23-14-15-29-17-10-8-16(27-2)9-11-17/h4-11H,3,12-15H2,1-2H3,(H,23,25)(H,24,26). The SMILES string of the molecule is CCOc1ccccc1NC(=O)C1(C(=O)NCCOc2ccc(OC)cc2)CC1. The van der Waals surface area contributed by atoms with Gasteiger partial charge in [0.25, 0.3) is 0 Å². The van der Waals surface area contributed by atoms with Crippen LogP contribution in [0.1, 0.15) is 19.8 Å². The van der Waals surface area contributed by atoms with Crippen LogP contribution in [0.2, 0.25) is 0 Å². The lowest BCUT2D eigenvalue weighted by molar-refractivity contribution is -0.134. The van der Waals surface area contributed by atoms with Crippen LogP contribution >= 0.6 is 0 Å². The Balaban J connectivity index is 1.49. The number of amides is 2. The molecule has 0 bridgehead atoms. The van der Waals surface area contributed by atoms with Crippen LogP contribution in [-0.2, 0) is 9.59 Å². The minimum Gasteiger partial charge on any atom is -0.497 e. The molecule has 0 radical (unpaired) electrons. The molecule has 0 atom stereocenters. The van der Waals surface area contributed by atoms with Crippen LogP contribution in [0.4, 0.5) is 5.69 Å². The van der Waals surface area contributed by atoms with Crippen molar-refractivity contribution in [3.05, 3.63) is 48.5 Å². The number of nitrogens with one attached hydrogen (secondary N) is 2. The molecule has 0 heterocycles. The van der Waals surface area contributed by atoms with Gasteiger partial charge in [0.2, 0.25) is 11.8 Å². The summed E-state index contributed by atoms with van der Waals surface area (Å²) in [6.45, 7) is 2.99. The van der Waals surface area contributed by atoms with E-state index in [0.29, 0.717) is 49.8 Å². The molecule has 0 unspecified atom stereocenters. The van der Waals surface area contributed by atoms with Gasteiger partial charge in [0.05, 0.1) is 25.9 Å². The van der Waals surface area contributed by atoms with E-state index in [1.807, 2.05) is 19.1 Å². The Hall–Kier alpha value is -3.22. The number of carbonyl (C=O) groups excluding carboxylic acids is 2. The molecular formula is C22H26N2O5. The van der Waals surface area contributed by atoms with Crippen molar-refractivity contribution in [3.8, 4) is 17.2 Å². The monoisotopic (exact) mass is 398 g/mol. The largest absolute Gasteiger partial charge is 0.497 e. The van der Waals surface area contributed by atoms with Gasteiger partial charge in [-0.25, -0.2) is 0 Å². The van der Waals surface area contributed by atoms with Gasteiger partial charge in [0.15, 0.2) is 0 Å². The zero-order valence-electron chi connectivity index (χ0n) is 16.7. The second kappa shape index (κ2) is 9.32. The van der Waals surface area contributed by atoms with E-state index in [9.17, 15) is 9.59 Å². The van der Waals surface area contributed by atoms with Crippen molar-refractivity contribution in [2.24, 2.45) is 5.41 Å². The van der Waals surface area contributed by atoms with E-state index in [1.54, 1.807) is 43.5 Å². The van der Waals surface area contributed by atoms with Crippen molar-refractivity contribution in [3.63, 3.8) is 0 Å². The lowest BCUT2D eigenvalue weighted by atomic mass is 10.0. The molecule has 2 N–H and O–H groups in total. The third kappa shape index (κ3) is 4.99. The Kier molecular flexibility index (Phi) is 6.59. The van der Waals surface area contributed by atoms with Crippen molar-refractivity contribution in [2.45, 2.75) is 19.8 Å². The van der Waals surface area contributed by atoms with E-state index in [1.165, 1.54) is 0 Å². The Morgan fingerprint density at radius 2 is 1.66 bits per heavy atom. The predicted octanol–water partition coefficient (Wildman–Crippen LogP) is 3.01. The first-order valence-corrected chi connectivity index (χ1v) is 9.67. The van der Waals surface area contributed by atoms with Gasteiger partial charge in [0, 0.05) is 0 Å². The molecule has 0 saturated heterocycles. The first kappa shape index (κ1) is 20.5. The van der Waals surface area contributed by atoms with Gasteiger partial charge in [-0.1, -0.05) is 12.1 Å². The van der Waals surface area contributed by atoms with E-state index < -0.39 is 5.41 Å². The zero-order chi connectivity index (χ0) is 20.7. The number of hydrogen-bond donors (Lipinski definition) is 2. The smallest absolute Gasteiger partial charge is 0.240 e. The highest BCUT2D eigenvalue weighted by atomic mass is 16.5. The molecule has 1 aliphatic carbocycles. The number of para-hydroxylation sites is 2. The van der Waals surface area contributed by atoms with Crippen molar-refractivity contribution in [2.75, 3.05) is 32.2 Å². The van der Waals surface area contributed by atoms with Gasteiger partial charge in [-0.05, 0) is 56.2 Å². The average molecular weight is 398 g/mol. The van der Waals surface area contributed by atoms with Crippen LogP contribution < -0.4 is 24.8 Å². The van der Waals surface area contributed by atoms with E-state index in [-0.39, 0.29) is 11.8 Å². The topological polar surface area (TPSA) is 85.9 Å². The normalized spacial score (nSPS) is 13.9. The summed E-state index contributed by atoms with van der Waals surface area (Å²) in [5.41, 5.74) is -0.444. The molecule has 7 heteroatoms. The summed E-state index contributed by atoms with van der Waals surface area (Å²) in [5, 5.41) is 5.64. The van der Waals surface area contributed by atoms with Crippen LogP contribution in [0.3, 0.4) is 0 Å². The van der Waals surface area contributed by atoms with Crippen LogP contribution in [-0.4, -0.2) is 38.7 Å². The number of benzene rings is 2. The number of methoxy groups -OCH3 is 1. The first-order chi connectivity index (χ1) is 14.1. The van der Waals surface area contributed by atoms with E-state index in [2.05, 4.69) is 10.6 Å². The number of carbonyl (C=O) groups is 2. The second-order valence-corrected chi connectivity index (χ2v) is 6.75. The summed E-state index contributed by atoms with van der Waals surface area (Å²) in [7, 11) is 1.60. The second-order valence-electron chi connectivity index (χ2n) is 6.75. The number of ether oxygens (including phenoxy) is 3. The maximum atomic E-state index is 12.7. The van der Waals surface area contributed by atoms with Crippen LogP contribution in [0, 0.1) is 5.41 Å². The number of rotatable bonds is 10. The molecule has 29 heavy (non-hydrogen) atoms. The van der Waals surface area contributed by atoms with Gasteiger partial charge >= 0.3 is 0 Å². The third-order valence-electron chi connectivity index (χ3n) is 4.77. The average Bonchev–Trinajstić information content (AvgIpc) is 3.55. The summed E-state index contributed by atoms with van der Waals surface area (Å²) in [6, 6.07) is 14.4. The molecule has 1 aliphatic rings. The van der Waals surface area contributed by atoms with Crippen LogP contribution in [0.15, 0.2) is 48.5 Å². The minimum absolute atomic E-state index is 0.276. The molecule has 2 aromatic rings. The van der Waals surface area contributed by atoms with E-state index in [4.69, 9.17) is 14.2 Å². The zero-order valence-corrected chi connectivity index (χ0v) is 16.7. The maximum Gasteiger partial charge on any atom is 0.240 e. The van der Waals surface area contributed by atoms with E-state index >= 15 is 0 Å². The third-order valence-corrected chi connectivity index (χ3v) is 4.77. The Morgan fingerprint density at radius 1 is 0.966 bits per heavy atom. The van der Waals surface area contributed by atoms with Gasteiger partial charge in [-0.15, -0.1) is 0 Å². The van der Waals surface area contributed by atoms with Gasteiger partial charge in [-0.3, -0.25) is 9.59 Å².